The molecule has 1 amide bonds. The van der Waals surface area contributed by atoms with Crippen LogP contribution in [0.1, 0.15) is 37.8 Å². The molecule has 3 aromatic rings. The molecule has 0 spiro atoms. The lowest BCUT2D eigenvalue weighted by Crippen LogP contribution is -2.40. The molecular weight excluding hydrogens is 382 g/mol. The van der Waals surface area contributed by atoms with Crippen LogP contribution in [0.5, 0.6) is 0 Å². The van der Waals surface area contributed by atoms with Gasteiger partial charge in [-0.2, -0.15) is 0 Å². The maximum absolute atomic E-state index is 13.3. The molecule has 2 aromatic heterocycles. The topological polar surface area (TPSA) is 63.9 Å². The number of pyridine rings is 1. The van der Waals surface area contributed by atoms with E-state index in [9.17, 15) is 4.79 Å². The van der Waals surface area contributed by atoms with Crippen molar-refractivity contribution >= 4 is 23.4 Å². The number of anilines is 1. The summed E-state index contributed by atoms with van der Waals surface area (Å²) in [6, 6.07) is 12.6. The van der Waals surface area contributed by atoms with Gasteiger partial charge in [-0.25, -0.2) is 0 Å². The molecule has 0 radical (unpaired) electrons. The molecule has 6 nitrogen and oxygen atoms in total. The zero-order valence-corrected chi connectivity index (χ0v) is 17.2. The molecule has 2 aliphatic rings. The van der Waals surface area contributed by atoms with Gasteiger partial charge >= 0.3 is 0 Å². The maximum Gasteiger partial charge on any atom is 0.240 e. The molecule has 1 aliphatic heterocycles. The highest BCUT2D eigenvalue weighted by Gasteiger charge is 2.33. The lowest BCUT2D eigenvalue weighted by molar-refractivity contribution is -0.117. The maximum atomic E-state index is 13.3. The van der Waals surface area contributed by atoms with Crippen LogP contribution in [0.25, 0.3) is 11.4 Å². The number of fused-ring (bicyclic) bond motifs is 1. The summed E-state index contributed by atoms with van der Waals surface area (Å²) in [4.78, 5) is 19.4. The van der Waals surface area contributed by atoms with Gasteiger partial charge in [-0.3, -0.25) is 14.3 Å². The molecule has 3 heterocycles. The zero-order valence-electron chi connectivity index (χ0n) is 16.4. The third kappa shape index (κ3) is 3.55. The Kier molecular flexibility index (Phi) is 4.83. The molecular formula is C22H23N5OS. The SMILES string of the molecule is CC(Sc1nnc(-c2cccnc2)n1C1CC1)C(=O)N1CCCc2ccccc21. The Hall–Kier alpha value is -2.67. The lowest BCUT2D eigenvalue weighted by atomic mass is 10.0. The van der Waals surface area contributed by atoms with Crippen molar-refractivity contribution in [1.29, 1.82) is 0 Å². The Morgan fingerprint density at radius 2 is 2.03 bits per heavy atom. The molecule has 1 unspecified atom stereocenters. The molecule has 1 aliphatic carbocycles. The monoisotopic (exact) mass is 405 g/mol. The van der Waals surface area contributed by atoms with Crippen molar-refractivity contribution in [3.8, 4) is 11.4 Å². The van der Waals surface area contributed by atoms with E-state index in [4.69, 9.17) is 0 Å². The Morgan fingerprint density at radius 1 is 1.17 bits per heavy atom. The van der Waals surface area contributed by atoms with Crippen LogP contribution < -0.4 is 4.90 Å². The smallest absolute Gasteiger partial charge is 0.240 e. The number of hydrogen-bond donors (Lipinski definition) is 0. The van der Waals surface area contributed by atoms with Gasteiger partial charge in [0.15, 0.2) is 11.0 Å². The summed E-state index contributed by atoms with van der Waals surface area (Å²) in [7, 11) is 0. The molecule has 1 aromatic carbocycles. The minimum Gasteiger partial charge on any atom is -0.311 e. The van der Waals surface area contributed by atoms with Crippen molar-refractivity contribution in [2.24, 2.45) is 0 Å². The van der Waals surface area contributed by atoms with Gasteiger partial charge in [0.25, 0.3) is 0 Å². The lowest BCUT2D eigenvalue weighted by Gasteiger charge is -2.31. The zero-order chi connectivity index (χ0) is 19.8. The Labute approximate surface area is 174 Å². The number of aryl methyl sites for hydroxylation is 1. The first-order chi connectivity index (χ1) is 14.2. The minimum atomic E-state index is -0.232. The summed E-state index contributed by atoms with van der Waals surface area (Å²) in [5, 5.41) is 9.46. The van der Waals surface area contributed by atoms with Crippen LogP contribution in [0.2, 0.25) is 0 Å². The van der Waals surface area contributed by atoms with Gasteiger partial charge < -0.3 is 4.90 Å². The van der Waals surface area contributed by atoms with Crippen molar-refractivity contribution in [1.82, 2.24) is 19.7 Å². The van der Waals surface area contributed by atoms with Gasteiger partial charge in [0.1, 0.15) is 0 Å². The largest absolute Gasteiger partial charge is 0.311 e. The number of carbonyl (C=O) groups is 1. The molecule has 148 valence electrons. The van der Waals surface area contributed by atoms with E-state index in [0.29, 0.717) is 6.04 Å². The fourth-order valence-corrected chi connectivity index (χ4v) is 4.88. The standard InChI is InChI=1S/C22H23N5OS/c1-15(21(28)26-13-5-8-16-6-2-3-9-19(16)26)29-22-25-24-20(27(22)18-10-11-18)17-7-4-12-23-14-17/h2-4,6-7,9,12,14-15,18H,5,8,10-11,13H2,1H3. The van der Waals surface area contributed by atoms with Gasteiger partial charge in [-0.15, -0.1) is 10.2 Å². The van der Waals surface area contributed by atoms with Crippen LogP contribution in [0.15, 0.2) is 53.9 Å². The molecule has 1 fully saturated rings. The van der Waals surface area contributed by atoms with E-state index >= 15 is 0 Å². The predicted octanol–water partition coefficient (Wildman–Crippen LogP) is 4.14. The average Bonchev–Trinajstić information content (AvgIpc) is 3.53. The first kappa shape index (κ1) is 18.4. The normalized spacial score (nSPS) is 17.1. The van der Waals surface area contributed by atoms with Gasteiger partial charge in [-0.05, 0) is 56.4 Å². The van der Waals surface area contributed by atoms with Crippen molar-refractivity contribution in [2.75, 3.05) is 11.4 Å². The number of hydrogen-bond acceptors (Lipinski definition) is 5. The number of rotatable bonds is 5. The number of benzene rings is 1. The average molecular weight is 406 g/mol. The summed E-state index contributed by atoms with van der Waals surface area (Å²) < 4.78 is 2.19. The molecule has 29 heavy (non-hydrogen) atoms. The van der Waals surface area contributed by atoms with Gasteiger partial charge in [0.05, 0.1) is 5.25 Å². The van der Waals surface area contributed by atoms with Crippen LogP contribution in [0, 0.1) is 0 Å². The number of aromatic nitrogens is 4. The fraction of sp³-hybridized carbons (Fsp3) is 0.364. The van der Waals surface area contributed by atoms with Crippen LogP contribution in [0.3, 0.4) is 0 Å². The van der Waals surface area contributed by atoms with E-state index in [1.165, 1.54) is 17.3 Å². The van der Waals surface area contributed by atoms with Gasteiger partial charge in [0, 0.05) is 36.2 Å². The Bertz CT molecular complexity index is 1030. The first-order valence-corrected chi connectivity index (χ1v) is 11.0. The van der Waals surface area contributed by atoms with Crippen LogP contribution >= 0.6 is 11.8 Å². The second-order valence-electron chi connectivity index (χ2n) is 7.63. The highest BCUT2D eigenvalue weighted by Crippen LogP contribution is 2.42. The first-order valence-electron chi connectivity index (χ1n) is 10.1. The third-order valence-electron chi connectivity index (χ3n) is 5.50. The quantitative estimate of drug-likeness (QED) is 0.597. The molecule has 1 saturated carbocycles. The molecule has 0 N–H and O–H groups in total. The van der Waals surface area contributed by atoms with E-state index in [1.807, 2.05) is 42.3 Å². The summed E-state index contributed by atoms with van der Waals surface area (Å²) in [5.41, 5.74) is 3.27. The molecule has 7 heteroatoms. The van der Waals surface area contributed by atoms with Gasteiger partial charge in [0.2, 0.25) is 5.91 Å². The van der Waals surface area contributed by atoms with Crippen molar-refractivity contribution in [2.45, 2.75) is 49.1 Å². The summed E-state index contributed by atoms with van der Waals surface area (Å²) >= 11 is 1.51. The fourth-order valence-electron chi connectivity index (χ4n) is 3.90. The molecule has 0 saturated heterocycles. The predicted molar refractivity (Wildman–Crippen MR) is 114 cm³/mol. The van der Waals surface area contributed by atoms with Crippen LogP contribution in [0.4, 0.5) is 5.69 Å². The van der Waals surface area contributed by atoms with E-state index in [2.05, 4.69) is 31.9 Å². The number of thioether (sulfide) groups is 1. The Morgan fingerprint density at radius 3 is 2.83 bits per heavy atom. The van der Waals surface area contributed by atoms with E-state index < -0.39 is 0 Å². The third-order valence-corrected chi connectivity index (χ3v) is 6.55. The molecule has 1 atom stereocenters. The molecule has 0 bridgehead atoms. The van der Waals surface area contributed by atoms with E-state index in [-0.39, 0.29) is 11.2 Å². The second-order valence-corrected chi connectivity index (χ2v) is 8.94. The number of carbonyl (C=O) groups excluding carboxylic acids is 1. The van der Waals surface area contributed by atoms with Crippen molar-refractivity contribution in [3.05, 3.63) is 54.4 Å². The van der Waals surface area contributed by atoms with E-state index in [0.717, 1.165) is 54.5 Å². The van der Waals surface area contributed by atoms with Crippen molar-refractivity contribution in [3.63, 3.8) is 0 Å². The minimum absolute atomic E-state index is 0.135. The number of nitrogens with zero attached hydrogens (tertiary/aromatic N) is 5. The van der Waals surface area contributed by atoms with Gasteiger partial charge in [-0.1, -0.05) is 30.0 Å². The van der Waals surface area contributed by atoms with Crippen molar-refractivity contribution < 1.29 is 4.79 Å². The number of amides is 1. The highest BCUT2D eigenvalue weighted by atomic mass is 32.2. The highest BCUT2D eigenvalue weighted by molar-refractivity contribution is 8.00. The molecule has 5 rings (SSSR count). The number of para-hydroxylation sites is 1. The summed E-state index contributed by atoms with van der Waals surface area (Å²) in [6.07, 6.45) is 7.86. The summed E-state index contributed by atoms with van der Waals surface area (Å²) in [6.45, 7) is 2.75. The van der Waals surface area contributed by atoms with Crippen LogP contribution in [-0.2, 0) is 11.2 Å². The Balaban J connectivity index is 1.40. The van der Waals surface area contributed by atoms with E-state index in [1.54, 1.807) is 6.20 Å². The summed E-state index contributed by atoms with van der Waals surface area (Å²) in [5.74, 6) is 0.974. The second kappa shape index (κ2) is 7.63. The van der Waals surface area contributed by atoms with Crippen LogP contribution in [-0.4, -0.2) is 37.5 Å².